The maximum atomic E-state index is 12.0. The molecule has 0 aromatic carbocycles. The Hall–Kier alpha value is -1.10. The van der Waals surface area contributed by atoms with Crippen molar-refractivity contribution in [3.05, 3.63) is 0 Å². The number of ether oxygens (including phenoxy) is 1. The van der Waals surface area contributed by atoms with Gasteiger partial charge in [-0.15, -0.1) is 0 Å². The van der Waals surface area contributed by atoms with Crippen molar-refractivity contribution in [3.63, 3.8) is 0 Å². The maximum absolute atomic E-state index is 12.0. The van der Waals surface area contributed by atoms with Gasteiger partial charge in [0.15, 0.2) is 0 Å². The van der Waals surface area contributed by atoms with Crippen molar-refractivity contribution in [1.29, 1.82) is 0 Å². The van der Waals surface area contributed by atoms with Gasteiger partial charge in [-0.1, -0.05) is 6.92 Å². The van der Waals surface area contributed by atoms with Gasteiger partial charge >= 0.3 is 5.97 Å². The molecule has 0 spiro atoms. The number of likely N-dealkylation sites (tertiary alicyclic amines) is 1. The SMILES string of the molecule is CC1CCN(C(=O)COC2CCC(C(=O)O)CC2)CC1. The zero-order valence-corrected chi connectivity index (χ0v) is 12.2. The van der Waals surface area contributed by atoms with Gasteiger partial charge in [-0.2, -0.15) is 0 Å². The van der Waals surface area contributed by atoms with E-state index in [-0.39, 0.29) is 24.5 Å². The molecule has 0 radical (unpaired) electrons. The number of nitrogens with zero attached hydrogens (tertiary/aromatic N) is 1. The van der Waals surface area contributed by atoms with Gasteiger partial charge in [0, 0.05) is 13.1 Å². The molecule has 1 amide bonds. The lowest BCUT2D eigenvalue weighted by Gasteiger charge is -2.31. The van der Waals surface area contributed by atoms with Gasteiger partial charge in [0.05, 0.1) is 12.0 Å². The Kier molecular flexibility index (Phi) is 5.40. The van der Waals surface area contributed by atoms with Crippen molar-refractivity contribution < 1.29 is 19.4 Å². The van der Waals surface area contributed by atoms with Crippen LogP contribution in [0.15, 0.2) is 0 Å². The van der Waals surface area contributed by atoms with Crippen LogP contribution in [0.3, 0.4) is 0 Å². The Bertz CT molecular complexity index is 342. The van der Waals surface area contributed by atoms with Gasteiger partial charge in [0.1, 0.15) is 6.61 Å². The third kappa shape index (κ3) is 4.20. The summed E-state index contributed by atoms with van der Waals surface area (Å²) in [4.78, 5) is 24.8. The van der Waals surface area contributed by atoms with E-state index in [0.29, 0.717) is 18.8 Å². The largest absolute Gasteiger partial charge is 0.481 e. The molecule has 0 aromatic rings. The fourth-order valence-electron chi connectivity index (χ4n) is 3.01. The van der Waals surface area contributed by atoms with E-state index in [1.807, 2.05) is 4.90 Å². The third-order valence-electron chi connectivity index (χ3n) is 4.60. The summed E-state index contributed by atoms with van der Waals surface area (Å²) in [5, 5.41) is 8.93. The summed E-state index contributed by atoms with van der Waals surface area (Å²) in [6.07, 6.45) is 5.04. The van der Waals surface area contributed by atoms with E-state index in [4.69, 9.17) is 9.84 Å². The van der Waals surface area contributed by atoms with E-state index in [0.717, 1.165) is 38.8 Å². The molecule has 1 heterocycles. The van der Waals surface area contributed by atoms with Gasteiger partial charge in [-0.3, -0.25) is 9.59 Å². The van der Waals surface area contributed by atoms with Crippen LogP contribution in [0, 0.1) is 11.8 Å². The van der Waals surface area contributed by atoms with Gasteiger partial charge in [-0.25, -0.2) is 0 Å². The molecule has 2 aliphatic rings. The average molecular weight is 283 g/mol. The molecule has 0 unspecified atom stereocenters. The number of piperidine rings is 1. The highest BCUT2D eigenvalue weighted by atomic mass is 16.5. The molecule has 20 heavy (non-hydrogen) atoms. The van der Waals surface area contributed by atoms with Crippen molar-refractivity contribution in [2.75, 3.05) is 19.7 Å². The lowest BCUT2D eigenvalue weighted by molar-refractivity contribution is -0.146. The monoisotopic (exact) mass is 283 g/mol. The summed E-state index contributed by atoms with van der Waals surface area (Å²) in [5.41, 5.74) is 0. The summed E-state index contributed by atoms with van der Waals surface area (Å²) in [6, 6.07) is 0. The number of carbonyl (C=O) groups is 2. The van der Waals surface area contributed by atoms with Gasteiger partial charge in [0.2, 0.25) is 5.91 Å². The van der Waals surface area contributed by atoms with Crippen molar-refractivity contribution in [1.82, 2.24) is 4.90 Å². The molecule has 1 aliphatic heterocycles. The molecule has 114 valence electrons. The molecule has 0 atom stereocenters. The Morgan fingerprint density at radius 1 is 1.10 bits per heavy atom. The Balaban J connectivity index is 1.65. The summed E-state index contributed by atoms with van der Waals surface area (Å²) in [7, 11) is 0. The minimum atomic E-state index is -0.707. The molecule has 1 saturated heterocycles. The van der Waals surface area contributed by atoms with Crippen LogP contribution in [0.4, 0.5) is 0 Å². The lowest BCUT2D eigenvalue weighted by atomic mass is 9.87. The fraction of sp³-hybridized carbons (Fsp3) is 0.867. The molecule has 2 rings (SSSR count). The summed E-state index contributed by atoms with van der Waals surface area (Å²) < 4.78 is 5.67. The highest BCUT2D eigenvalue weighted by Crippen LogP contribution is 2.26. The highest BCUT2D eigenvalue weighted by molar-refractivity contribution is 5.77. The van der Waals surface area contributed by atoms with E-state index >= 15 is 0 Å². The smallest absolute Gasteiger partial charge is 0.306 e. The second kappa shape index (κ2) is 7.07. The average Bonchev–Trinajstić information content (AvgIpc) is 2.46. The molecular weight excluding hydrogens is 258 g/mol. The molecule has 1 saturated carbocycles. The second-order valence-corrected chi connectivity index (χ2v) is 6.19. The quantitative estimate of drug-likeness (QED) is 0.855. The standard InChI is InChI=1S/C15H25NO4/c1-11-6-8-16(9-7-11)14(17)10-20-13-4-2-12(3-5-13)15(18)19/h11-13H,2-10H2,1H3,(H,18,19). The van der Waals surface area contributed by atoms with E-state index in [2.05, 4.69) is 6.92 Å². The molecule has 1 aliphatic carbocycles. The third-order valence-corrected chi connectivity index (χ3v) is 4.60. The van der Waals surface area contributed by atoms with Crippen LogP contribution < -0.4 is 0 Å². The number of carboxylic acids is 1. The van der Waals surface area contributed by atoms with Crippen LogP contribution in [0.25, 0.3) is 0 Å². The minimum Gasteiger partial charge on any atom is -0.481 e. The van der Waals surface area contributed by atoms with Crippen LogP contribution >= 0.6 is 0 Å². The predicted octanol–water partition coefficient (Wildman–Crippen LogP) is 1.90. The first-order valence-corrected chi connectivity index (χ1v) is 7.68. The minimum absolute atomic E-state index is 0.0539. The zero-order valence-electron chi connectivity index (χ0n) is 12.2. The zero-order chi connectivity index (χ0) is 14.5. The Morgan fingerprint density at radius 2 is 1.70 bits per heavy atom. The molecule has 2 fully saturated rings. The topological polar surface area (TPSA) is 66.8 Å². The Morgan fingerprint density at radius 3 is 2.25 bits per heavy atom. The number of carbonyl (C=O) groups excluding carboxylic acids is 1. The first-order chi connectivity index (χ1) is 9.56. The number of amides is 1. The molecule has 0 bridgehead atoms. The van der Waals surface area contributed by atoms with Crippen LogP contribution in [-0.2, 0) is 14.3 Å². The van der Waals surface area contributed by atoms with Crippen molar-refractivity contribution in [3.8, 4) is 0 Å². The van der Waals surface area contributed by atoms with E-state index < -0.39 is 5.97 Å². The summed E-state index contributed by atoms with van der Waals surface area (Å²) in [5.74, 6) is -0.139. The first-order valence-electron chi connectivity index (χ1n) is 7.68. The normalized spacial score (nSPS) is 28.4. The van der Waals surface area contributed by atoms with Gasteiger partial charge < -0.3 is 14.7 Å². The molecule has 0 aromatic heterocycles. The van der Waals surface area contributed by atoms with Crippen LogP contribution in [-0.4, -0.2) is 47.7 Å². The highest BCUT2D eigenvalue weighted by Gasteiger charge is 2.27. The maximum Gasteiger partial charge on any atom is 0.306 e. The second-order valence-electron chi connectivity index (χ2n) is 6.19. The van der Waals surface area contributed by atoms with Gasteiger partial charge in [0.25, 0.3) is 0 Å². The Labute approximate surface area is 120 Å². The molecular formula is C15H25NO4. The summed E-state index contributed by atoms with van der Waals surface area (Å²) >= 11 is 0. The van der Waals surface area contributed by atoms with Crippen molar-refractivity contribution in [2.24, 2.45) is 11.8 Å². The number of rotatable bonds is 4. The number of hydrogen-bond acceptors (Lipinski definition) is 3. The molecule has 5 nitrogen and oxygen atoms in total. The number of aliphatic carboxylic acids is 1. The number of carboxylic acid groups (broad SMARTS) is 1. The number of hydrogen-bond donors (Lipinski definition) is 1. The van der Waals surface area contributed by atoms with Crippen LogP contribution in [0.5, 0.6) is 0 Å². The fourth-order valence-corrected chi connectivity index (χ4v) is 3.01. The van der Waals surface area contributed by atoms with E-state index in [1.165, 1.54) is 0 Å². The molecule has 1 N–H and O–H groups in total. The predicted molar refractivity (Wildman–Crippen MR) is 74.3 cm³/mol. The van der Waals surface area contributed by atoms with Gasteiger partial charge in [-0.05, 0) is 44.4 Å². The lowest BCUT2D eigenvalue weighted by Crippen LogP contribution is -2.40. The summed E-state index contributed by atoms with van der Waals surface area (Å²) in [6.45, 7) is 4.06. The van der Waals surface area contributed by atoms with Crippen molar-refractivity contribution >= 4 is 11.9 Å². The first kappa shape index (κ1) is 15.3. The van der Waals surface area contributed by atoms with Crippen LogP contribution in [0.2, 0.25) is 0 Å². The van der Waals surface area contributed by atoms with E-state index in [9.17, 15) is 9.59 Å². The molecule has 5 heteroatoms. The van der Waals surface area contributed by atoms with Crippen LogP contribution in [0.1, 0.15) is 45.4 Å². The van der Waals surface area contributed by atoms with Crippen molar-refractivity contribution in [2.45, 2.75) is 51.6 Å². The van der Waals surface area contributed by atoms with E-state index in [1.54, 1.807) is 0 Å².